The summed E-state index contributed by atoms with van der Waals surface area (Å²) in [4.78, 5) is 25.5. The molecule has 8 heteroatoms. The zero-order valence-corrected chi connectivity index (χ0v) is 10.3. The van der Waals surface area contributed by atoms with Crippen LogP contribution >= 0.6 is 0 Å². The van der Waals surface area contributed by atoms with Crippen molar-refractivity contribution in [1.29, 1.82) is 0 Å². The Hall–Kier alpha value is -1.48. The molecular formula is C11H15N3O5. The van der Waals surface area contributed by atoms with Gasteiger partial charge in [-0.25, -0.2) is 4.79 Å². The van der Waals surface area contributed by atoms with Crippen molar-refractivity contribution in [2.24, 2.45) is 0 Å². The Morgan fingerprint density at radius 3 is 2.89 bits per heavy atom. The molecule has 3 heterocycles. The average Bonchev–Trinajstić information content (AvgIpc) is 2.52. The minimum Gasteiger partial charge on any atom is -0.394 e. The van der Waals surface area contributed by atoms with Crippen LogP contribution in [-0.2, 0) is 10.5 Å². The normalized spacial score (nSPS) is 36.9. The molecule has 0 saturated carbocycles. The van der Waals surface area contributed by atoms with E-state index in [1.54, 1.807) is 6.92 Å². The zero-order valence-electron chi connectivity index (χ0n) is 10.3. The van der Waals surface area contributed by atoms with E-state index in [9.17, 15) is 19.8 Å². The lowest BCUT2D eigenvalue weighted by molar-refractivity contribution is -0.154. The first kappa shape index (κ1) is 12.5. The van der Waals surface area contributed by atoms with Crippen molar-refractivity contribution in [1.82, 2.24) is 14.9 Å². The van der Waals surface area contributed by atoms with Gasteiger partial charge in [-0.15, -0.1) is 0 Å². The fraction of sp³-hybridized carbons (Fsp3) is 0.636. The van der Waals surface area contributed by atoms with E-state index < -0.39 is 35.2 Å². The van der Waals surface area contributed by atoms with E-state index >= 15 is 0 Å². The largest absolute Gasteiger partial charge is 0.394 e. The lowest BCUT2D eigenvalue weighted by atomic mass is 9.91. The highest BCUT2D eigenvalue weighted by atomic mass is 16.6. The molecule has 2 aliphatic heterocycles. The van der Waals surface area contributed by atoms with Crippen molar-refractivity contribution in [2.45, 2.75) is 30.9 Å². The molecule has 1 aromatic heterocycles. The van der Waals surface area contributed by atoms with Gasteiger partial charge >= 0.3 is 5.69 Å². The summed E-state index contributed by atoms with van der Waals surface area (Å²) in [7, 11) is 0. The molecule has 3 rings (SSSR count). The first-order valence-electron chi connectivity index (χ1n) is 6.03. The number of aromatic amines is 1. The summed E-state index contributed by atoms with van der Waals surface area (Å²) >= 11 is 0. The van der Waals surface area contributed by atoms with E-state index in [0.717, 1.165) is 0 Å². The van der Waals surface area contributed by atoms with Crippen LogP contribution in [0.5, 0.6) is 0 Å². The van der Waals surface area contributed by atoms with Gasteiger partial charge in [-0.05, 0) is 6.92 Å². The molecular weight excluding hydrogens is 254 g/mol. The monoisotopic (exact) mass is 269 g/mol. The Balaban J connectivity index is 2.10. The highest BCUT2D eigenvalue weighted by molar-refractivity contribution is 5.14. The number of fused-ring (bicyclic) bond motifs is 1. The molecule has 0 aliphatic carbocycles. The molecule has 1 aromatic rings. The maximum Gasteiger partial charge on any atom is 0.330 e. The first-order valence-corrected chi connectivity index (χ1v) is 6.03. The molecule has 0 bridgehead atoms. The predicted octanol–water partition coefficient (Wildman–Crippen LogP) is -2.78. The number of nitrogens with zero attached hydrogens (tertiary/aromatic N) is 1. The van der Waals surface area contributed by atoms with Crippen LogP contribution in [0.1, 0.15) is 5.56 Å². The molecule has 0 radical (unpaired) electrons. The van der Waals surface area contributed by atoms with Crippen LogP contribution in [0, 0.1) is 6.92 Å². The van der Waals surface area contributed by atoms with Gasteiger partial charge in [-0.3, -0.25) is 14.3 Å². The van der Waals surface area contributed by atoms with Gasteiger partial charge in [0, 0.05) is 18.3 Å². The smallest absolute Gasteiger partial charge is 0.330 e. The zero-order chi connectivity index (χ0) is 13.8. The van der Waals surface area contributed by atoms with E-state index in [0.29, 0.717) is 12.1 Å². The summed E-state index contributed by atoms with van der Waals surface area (Å²) in [6.07, 6.45) is -0.237. The molecule has 2 fully saturated rings. The van der Waals surface area contributed by atoms with Gasteiger partial charge in [0.25, 0.3) is 5.56 Å². The number of rotatable bonds is 2. The number of aryl methyl sites for hydroxylation is 1. The molecule has 19 heavy (non-hydrogen) atoms. The molecule has 8 nitrogen and oxygen atoms in total. The Morgan fingerprint density at radius 1 is 1.58 bits per heavy atom. The predicted molar refractivity (Wildman–Crippen MR) is 63.8 cm³/mol. The summed E-state index contributed by atoms with van der Waals surface area (Å²) in [6, 6.07) is -0.479. The van der Waals surface area contributed by atoms with Gasteiger partial charge in [0.1, 0.15) is 12.2 Å². The molecule has 0 amide bonds. The molecule has 4 N–H and O–H groups in total. The Labute approximate surface area is 107 Å². The molecule has 104 valence electrons. The van der Waals surface area contributed by atoms with Crippen LogP contribution in [0.25, 0.3) is 0 Å². The summed E-state index contributed by atoms with van der Waals surface area (Å²) in [5.74, 6) is 0. The highest BCUT2D eigenvalue weighted by Crippen LogP contribution is 2.39. The third kappa shape index (κ3) is 1.54. The van der Waals surface area contributed by atoms with Gasteiger partial charge in [0.15, 0.2) is 5.72 Å². The quantitative estimate of drug-likeness (QED) is 0.461. The molecule has 0 aromatic carbocycles. The highest BCUT2D eigenvalue weighted by Gasteiger charge is 2.62. The number of nitrogens with one attached hydrogen (secondary N) is 2. The number of hydrogen-bond acceptors (Lipinski definition) is 6. The van der Waals surface area contributed by atoms with Gasteiger partial charge in [-0.1, -0.05) is 0 Å². The lowest BCUT2D eigenvalue weighted by Crippen LogP contribution is -2.71. The van der Waals surface area contributed by atoms with E-state index in [-0.39, 0.29) is 6.61 Å². The van der Waals surface area contributed by atoms with Crippen LogP contribution in [0.3, 0.4) is 0 Å². The third-order valence-electron chi connectivity index (χ3n) is 3.85. The maximum atomic E-state index is 11.9. The van der Waals surface area contributed by atoms with E-state index in [2.05, 4.69) is 10.3 Å². The van der Waals surface area contributed by atoms with Crippen LogP contribution < -0.4 is 16.6 Å². The number of hydrogen-bond donors (Lipinski definition) is 4. The average molecular weight is 269 g/mol. The second kappa shape index (κ2) is 4.01. The van der Waals surface area contributed by atoms with Crippen molar-refractivity contribution in [3.63, 3.8) is 0 Å². The summed E-state index contributed by atoms with van der Waals surface area (Å²) in [5, 5.41) is 22.1. The van der Waals surface area contributed by atoms with E-state index in [1.807, 2.05) is 0 Å². The summed E-state index contributed by atoms with van der Waals surface area (Å²) in [6.45, 7) is 1.58. The van der Waals surface area contributed by atoms with Gasteiger partial charge in [0.2, 0.25) is 0 Å². The van der Waals surface area contributed by atoms with Crippen molar-refractivity contribution in [2.75, 3.05) is 13.2 Å². The van der Waals surface area contributed by atoms with E-state index in [4.69, 9.17) is 4.74 Å². The first-order chi connectivity index (χ1) is 8.99. The van der Waals surface area contributed by atoms with Gasteiger partial charge < -0.3 is 20.3 Å². The molecule has 4 atom stereocenters. The van der Waals surface area contributed by atoms with Crippen LogP contribution in [0.15, 0.2) is 15.8 Å². The van der Waals surface area contributed by atoms with Crippen LogP contribution in [0.2, 0.25) is 0 Å². The molecule has 2 saturated heterocycles. The topological polar surface area (TPSA) is 117 Å². The number of ether oxygens (including phenoxy) is 1. The Kier molecular flexibility index (Phi) is 2.65. The fourth-order valence-corrected chi connectivity index (χ4v) is 2.73. The standard InChI is InChI=1S/C11H15N3O5/c1-5-2-14(10(18)13-9(5)17)11-4-12-8(11)7(16)6(3-15)19-11/h2,6-8,12,15-16H,3-4H2,1H3,(H,13,17,18)/t6-,7-,8-,11-/m1/s1. The van der Waals surface area contributed by atoms with Crippen LogP contribution in [-0.4, -0.2) is 51.2 Å². The Bertz CT molecular complexity index is 623. The number of aliphatic hydroxyl groups is 2. The number of aromatic nitrogens is 2. The van der Waals surface area contributed by atoms with Crippen molar-refractivity contribution in [3.05, 3.63) is 32.6 Å². The minimum atomic E-state index is -1.04. The van der Waals surface area contributed by atoms with Crippen molar-refractivity contribution >= 4 is 0 Å². The second-order valence-electron chi connectivity index (χ2n) is 4.97. The number of H-pyrrole nitrogens is 1. The maximum absolute atomic E-state index is 11.9. The van der Waals surface area contributed by atoms with Crippen molar-refractivity contribution in [3.8, 4) is 0 Å². The second-order valence-corrected chi connectivity index (χ2v) is 4.97. The van der Waals surface area contributed by atoms with Crippen molar-refractivity contribution < 1.29 is 14.9 Å². The van der Waals surface area contributed by atoms with Gasteiger partial charge in [-0.2, -0.15) is 0 Å². The molecule has 0 unspecified atom stereocenters. The van der Waals surface area contributed by atoms with Gasteiger partial charge in [0.05, 0.1) is 12.6 Å². The summed E-state index contributed by atoms with van der Waals surface area (Å²) < 4.78 is 6.93. The van der Waals surface area contributed by atoms with E-state index in [1.165, 1.54) is 10.8 Å². The number of aliphatic hydroxyl groups excluding tert-OH is 2. The SMILES string of the molecule is Cc1cn([C@@]23CN[C@@H]2[C@H](O)[C@@H](CO)O3)c(=O)[nH]c1=O. The van der Waals surface area contributed by atoms with Crippen LogP contribution in [0.4, 0.5) is 0 Å². The minimum absolute atomic E-state index is 0.330. The fourth-order valence-electron chi connectivity index (χ4n) is 2.73. The third-order valence-corrected chi connectivity index (χ3v) is 3.85. The summed E-state index contributed by atoms with van der Waals surface area (Å²) in [5.41, 5.74) is -1.70. The Morgan fingerprint density at radius 2 is 2.32 bits per heavy atom. The molecule has 0 spiro atoms. The lowest BCUT2D eigenvalue weighted by Gasteiger charge is -2.45. The molecule has 2 aliphatic rings.